The lowest BCUT2D eigenvalue weighted by atomic mass is 9.88. The van der Waals surface area contributed by atoms with E-state index in [2.05, 4.69) is 32.8 Å². The number of nitrogens with one attached hydrogen (secondary N) is 2. The van der Waals surface area contributed by atoms with Crippen molar-refractivity contribution in [1.29, 1.82) is 0 Å². The zero-order chi connectivity index (χ0) is 19.8. The molecule has 2 fully saturated rings. The molecule has 164 valence electrons. The summed E-state index contributed by atoms with van der Waals surface area (Å²) < 4.78 is 0. The minimum Gasteiger partial charge on any atom is -0.357 e. The van der Waals surface area contributed by atoms with Gasteiger partial charge in [-0.25, -0.2) is 4.98 Å². The van der Waals surface area contributed by atoms with Crippen molar-refractivity contribution in [3.63, 3.8) is 0 Å². The monoisotopic (exact) mass is 533 g/mol. The highest BCUT2D eigenvalue weighted by Gasteiger charge is 2.31. The SMILES string of the molecule is CCNC(=NCCCc1nc(C)cs1)NC1CCN(C(=O)C2CCCCC2)C1.I. The summed E-state index contributed by atoms with van der Waals surface area (Å²) in [6.45, 7) is 7.42. The summed E-state index contributed by atoms with van der Waals surface area (Å²) in [6.07, 6.45) is 8.86. The van der Waals surface area contributed by atoms with Gasteiger partial charge in [-0.2, -0.15) is 0 Å². The molecular formula is C21H36IN5OS. The first-order valence-corrected chi connectivity index (χ1v) is 11.8. The Bertz CT molecular complexity index is 659. The van der Waals surface area contributed by atoms with E-state index >= 15 is 0 Å². The first-order valence-electron chi connectivity index (χ1n) is 10.9. The highest BCUT2D eigenvalue weighted by molar-refractivity contribution is 14.0. The number of hydrogen-bond donors (Lipinski definition) is 2. The number of carbonyl (C=O) groups is 1. The zero-order valence-electron chi connectivity index (χ0n) is 17.8. The summed E-state index contributed by atoms with van der Waals surface area (Å²) in [7, 11) is 0. The van der Waals surface area contributed by atoms with Crippen molar-refractivity contribution >= 4 is 47.2 Å². The molecular weight excluding hydrogens is 497 g/mol. The molecule has 1 saturated carbocycles. The average molecular weight is 534 g/mol. The third-order valence-electron chi connectivity index (χ3n) is 5.62. The minimum absolute atomic E-state index is 0. The van der Waals surface area contributed by atoms with Crippen LogP contribution >= 0.6 is 35.3 Å². The number of halogens is 1. The number of likely N-dealkylation sites (tertiary alicyclic amines) is 1. The Hall–Kier alpha value is -0.900. The molecule has 2 aliphatic rings. The first-order chi connectivity index (χ1) is 13.7. The van der Waals surface area contributed by atoms with E-state index in [0.717, 1.165) is 69.9 Å². The number of carbonyl (C=O) groups excluding carboxylic acids is 1. The summed E-state index contributed by atoms with van der Waals surface area (Å²) in [5, 5.41) is 10.2. The molecule has 1 unspecified atom stereocenters. The molecule has 1 aliphatic carbocycles. The van der Waals surface area contributed by atoms with Gasteiger partial charge in [-0.15, -0.1) is 35.3 Å². The highest BCUT2D eigenvalue weighted by atomic mass is 127. The number of guanidine groups is 1. The van der Waals surface area contributed by atoms with Crippen LogP contribution in [0.1, 0.15) is 62.6 Å². The van der Waals surface area contributed by atoms with Gasteiger partial charge in [0.05, 0.1) is 5.01 Å². The second-order valence-electron chi connectivity index (χ2n) is 8.00. The normalized spacial score (nSPS) is 20.4. The van der Waals surface area contributed by atoms with Crippen molar-refractivity contribution in [2.24, 2.45) is 10.9 Å². The molecule has 1 atom stereocenters. The third kappa shape index (κ3) is 7.70. The molecule has 1 aliphatic heterocycles. The number of amides is 1. The van der Waals surface area contributed by atoms with Crippen LogP contribution in [0.3, 0.4) is 0 Å². The fourth-order valence-electron chi connectivity index (χ4n) is 4.14. The Balaban J connectivity index is 0.00000300. The summed E-state index contributed by atoms with van der Waals surface area (Å²) in [5.74, 6) is 1.52. The van der Waals surface area contributed by atoms with Crippen LogP contribution in [0.4, 0.5) is 0 Å². The predicted octanol–water partition coefficient (Wildman–Crippen LogP) is 3.74. The van der Waals surface area contributed by atoms with Crippen molar-refractivity contribution in [2.45, 2.75) is 71.3 Å². The number of aromatic nitrogens is 1. The van der Waals surface area contributed by atoms with Gasteiger partial charge in [0, 0.05) is 55.6 Å². The van der Waals surface area contributed by atoms with Crippen LogP contribution in [-0.4, -0.2) is 54.0 Å². The second kappa shape index (κ2) is 12.7. The van der Waals surface area contributed by atoms with E-state index in [9.17, 15) is 4.79 Å². The fourth-order valence-corrected chi connectivity index (χ4v) is 4.96. The number of rotatable bonds is 7. The number of thiazole rings is 1. The van der Waals surface area contributed by atoms with Gasteiger partial charge in [-0.1, -0.05) is 19.3 Å². The van der Waals surface area contributed by atoms with Crippen LogP contribution < -0.4 is 10.6 Å². The van der Waals surface area contributed by atoms with Gasteiger partial charge < -0.3 is 15.5 Å². The van der Waals surface area contributed by atoms with E-state index < -0.39 is 0 Å². The topological polar surface area (TPSA) is 69.6 Å². The van der Waals surface area contributed by atoms with E-state index in [-0.39, 0.29) is 29.9 Å². The average Bonchev–Trinajstić information content (AvgIpc) is 3.34. The van der Waals surface area contributed by atoms with E-state index in [1.807, 2.05) is 6.92 Å². The number of nitrogens with zero attached hydrogens (tertiary/aromatic N) is 3. The van der Waals surface area contributed by atoms with Gasteiger partial charge in [0.1, 0.15) is 0 Å². The maximum Gasteiger partial charge on any atom is 0.225 e. The molecule has 0 spiro atoms. The van der Waals surface area contributed by atoms with Gasteiger partial charge in [0.25, 0.3) is 0 Å². The maximum atomic E-state index is 12.8. The predicted molar refractivity (Wildman–Crippen MR) is 131 cm³/mol. The molecule has 1 saturated heterocycles. The van der Waals surface area contributed by atoms with Gasteiger partial charge >= 0.3 is 0 Å². The van der Waals surface area contributed by atoms with E-state index in [1.54, 1.807) is 11.3 Å². The van der Waals surface area contributed by atoms with Crippen molar-refractivity contribution in [2.75, 3.05) is 26.2 Å². The minimum atomic E-state index is 0. The Labute approximate surface area is 196 Å². The Morgan fingerprint density at radius 2 is 2.10 bits per heavy atom. The Kier molecular flexibility index (Phi) is 10.7. The molecule has 2 N–H and O–H groups in total. The van der Waals surface area contributed by atoms with Gasteiger partial charge in [0.15, 0.2) is 5.96 Å². The maximum absolute atomic E-state index is 12.8. The van der Waals surface area contributed by atoms with E-state index in [4.69, 9.17) is 4.99 Å². The van der Waals surface area contributed by atoms with Crippen molar-refractivity contribution < 1.29 is 4.79 Å². The molecule has 0 bridgehead atoms. The van der Waals surface area contributed by atoms with Crippen LogP contribution in [0.2, 0.25) is 0 Å². The van der Waals surface area contributed by atoms with Gasteiger partial charge in [-0.05, 0) is 39.5 Å². The molecule has 1 aromatic heterocycles. The summed E-state index contributed by atoms with van der Waals surface area (Å²) >= 11 is 1.73. The number of aliphatic imine (C=N–C) groups is 1. The zero-order valence-corrected chi connectivity index (χ0v) is 20.9. The largest absolute Gasteiger partial charge is 0.357 e. The van der Waals surface area contributed by atoms with E-state index in [0.29, 0.717) is 11.9 Å². The summed E-state index contributed by atoms with van der Waals surface area (Å²) in [5.41, 5.74) is 1.10. The Morgan fingerprint density at radius 3 is 2.79 bits per heavy atom. The van der Waals surface area contributed by atoms with Crippen LogP contribution in [0.5, 0.6) is 0 Å². The fraction of sp³-hybridized carbons (Fsp3) is 0.762. The number of aryl methyl sites for hydroxylation is 2. The van der Waals surface area contributed by atoms with E-state index in [1.165, 1.54) is 24.3 Å². The summed E-state index contributed by atoms with van der Waals surface area (Å²) in [6, 6.07) is 0.298. The molecule has 1 amide bonds. The third-order valence-corrected chi connectivity index (χ3v) is 6.65. The second-order valence-corrected chi connectivity index (χ2v) is 8.94. The molecule has 0 radical (unpaired) electrons. The van der Waals surface area contributed by atoms with Crippen LogP contribution in [0.15, 0.2) is 10.4 Å². The van der Waals surface area contributed by atoms with Crippen molar-refractivity contribution in [1.82, 2.24) is 20.5 Å². The quantitative estimate of drug-likeness (QED) is 0.243. The van der Waals surface area contributed by atoms with Crippen molar-refractivity contribution in [3.8, 4) is 0 Å². The standard InChI is InChI=1S/C21H35N5OS.HI/c1-3-22-21(23-12-7-10-19-24-16(2)15-28-19)25-18-11-13-26(14-18)20(27)17-8-5-4-6-9-17;/h15,17-18H,3-14H2,1-2H3,(H2,22,23,25);1H. The lowest BCUT2D eigenvalue weighted by Gasteiger charge is -2.26. The Morgan fingerprint density at radius 1 is 1.31 bits per heavy atom. The van der Waals surface area contributed by atoms with Gasteiger partial charge in [-0.3, -0.25) is 9.79 Å². The highest BCUT2D eigenvalue weighted by Crippen LogP contribution is 2.26. The molecule has 0 aromatic carbocycles. The van der Waals surface area contributed by atoms with Crippen molar-refractivity contribution in [3.05, 3.63) is 16.1 Å². The smallest absolute Gasteiger partial charge is 0.225 e. The van der Waals surface area contributed by atoms with Gasteiger partial charge in [0.2, 0.25) is 5.91 Å². The summed E-state index contributed by atoms with van der Waals surface area (Å²) in [4.78, 5) is 24.1. The molecule has 1 aromatic rings. The molecule has 29 heavy (non-hydrogen) atoms. The van der Waals surface area contributed by atoms with Crippen LogP contribution in [0.25, 0.3) is 0 Å². The van der Waals surface area contributed by atoms with Crippen LogP contribution in [-0.2, 0) is 11.2 Å². The van der Waals surface area contributed by atoms with Crippen LogP contribution in [0, 0.1) is 12.8 Å². The molecule has 3 rings (SSSR count). The molecule has 6 nitrogen and oxygen atoms in total. The number of hydrogen-bond acceptors (Lipinski definition) is 4. The molecule has 2 heterocycles. The first kappa shape index (κ1) is 24.4. The lowest BCUT2D eigenvalue weighted by molar-refractivity contribution is -0.135. The lowest BCUT2D eigenvalue weighted by Crippen LogP contribution is -2.45. The molecule has 8 heteroatoms.